The Hall–Kier alpha value is -2.33. The molecule has 8 nitrogen and oxygen atoms in total. The number of nitrogens with two attached hydrogens (primary N) is 1. The summed E-state index contributed by atoms with van der Waals surface area (Å²) in [7, 11) is -0.0664. The number of halogens is 1. The van der Waals surface area contributed by atoms with Crippen molar-refractivity contribution in [3.8, 4) is 0 Å². The van der Waals surface area contributed by atoms with Gasteiger partial charge in [0, 0.05) is 30.9 Å². The SMILES string of the molecule is C[C@H](CC(C)(C)S(N)=O)c1cn2cc(C3(F)CC3)cc(N3CC(=O)N(C)C3=O)c2n1. The lowest BCUT2D eigenvalue weighted by Crippen LogP contribution is -2.33. The molecule has 10 heteroatoms. The fourth-order valence-electron chi connectivity index (χ4n) is 3.89. The van der Waals surface area contributed by atoms with E-state index in [4.69, 9.17) is 10.1 Å². The topological polar surface area (TPSA) is 101 Å². The zero-order chi connectivity index (χ0) is 22.0. The second kappa shape index (κ2) is 6.84. The number of carbonyl (C=O) groups excluding carboxylic acids is 2. The Labute approximate surface area is 176 Å². The number of aromatic nitrogens is 2. The van der Waals surface area contributed by atoms with E-state index in [-0.39, 0.29) is 18.4 Å². The van der Waals surface area contributed by atoms with Gasteiger partial charge in [0.05, 0.1) is 27.1 Å². The molecule has 1 aliphatic carbocycles. The first-order chi connectivity index (χ1) is 13.9. The molecule has 2 aliphatic rings. The molecule has 0 spiro atoms. The summed E-state index contributed by atoms with van der Waals surface area (Å²) in [5.74, 6) is -0.389. The lowest BCUT2D eigenvalue weighted by Gasteiger charge is -2.24. The normalized spacial score (nSPS) is 20.9. The molecule has 3 heterocycles. The minimum atomic E-state index is -1.49. The van der Waals surface area contributed by atoms with Crippen LogP contribution in [0.15, 0.2) is 18.5 Å². The molecule has 30 heavy (non-hydrogen) atoms. The van der Waals surface area contributed by atoms with Gasteiger partial charge >= 0.3 is 6.03 Å². The number of imide groups is 1. The maximum Gasteiger partial charge on any atom is 0.331 e. The molecule has 3 amide bonds. The van der Waals surface area contributed by atoms with Crippen molar-refractivity contribution in [2.24, 2.45) is 5.14 Å². The maximum absolute atomic E-state index is 14.9. The number of rotatable bonds is 6. The number of hydrogen-bond acceptors (Lipinski definition) is 4. The summed E-state index contributed by atoms with van der Waals surface area (Å²) in [5, 5.41) is 5.62. The molecule has 2 atom stereocenters. The molecular formula is C20H26FN5O3S. The number of amides is 3. The summed E-state index contributed by atoms with van der Waals surface area (Å²) in [6.07, 6.45) is 4.91. The molecule has 2 fully saturated rings. The molecule has 0 bridgehead atoms. The fraction of sp³-hybridized carbons (Fsp3) is 0.550. The van der Waals surface area contributed by atoms with Crippen LogP contribution in [0.2, 0.25) is 0 Å². The molecule has 0 aromatic carbocycles. The Morgan fingerprint density at radius 1 is 1.33 bits per heavy atom. The van der Waals surface area contributed by atoms with Crippen LogP contribution in [0.5, 0.6) is 0 Å². The molecule has 1 saturated carbocycles. The lowest BCUT2D eigenvalue weighted by atomic mass is 9.96. The Balaban J connectivity index is 1.79. The standard InChI is InChI=1S/C20H26FN5O3S/c1-12(8-19(2,3)30(22)29)14-10-25-9-13(20(21)5-6-20)7-15(17(25)23-14)26-11-16(27)24(4)18(26)28/h7,9-10,12H,5-6,8,11,22H2,1-4H3/t12-,30?/m1/s1. The minimum absolute atomic E-state index is 0.0671. The summed E-state index contributed by atoms with van der Waals surface area (Å²) in [6, 6.07) is 1.17. The summed E-state index contributed by atoms with van der Waals surface area (Å²) < 4.78 is 27.8. The molecule has 1 unspecified atom stereocenters. The first-order valence-electron chi connectivity index (χ1n) is 9.89. The Morgan fingerprint density at radius 3 is 2.53 bits per heavy atom. The van der Waals surface area contributed by atoms with Crippen molar-refractivity contribution >= 4 is 34.3 Å². The van der Waals surface area contributed by atoms with Gasteiger partial charge in [-0.05, 0) is 39.2 Å². The number of imidazole rings is 1. The summed E-state index contributed by atoms with van der Waals surface area (Å²) in [5.41, 5.74) is 0.685. The molecule has 2 N–H and O–H groups in total. The highest BCUT2D eigenvalue weighted by molar-refractivity contribution is 7.84. The van der Waals surface area contributed by atoms with Crippen molar-refractivity contribution in [2.45, 2.75) is 56.4 Å². The molecule has 1 aliphatic heterocycles. The van der Waals surface area contributed by atoms with Crippen LogP contribution < -0.4 is 10.0 Å². The van der Waals surface area contributed by atoms with Crippen LogP contribution in [0.1, 0.15) is 57.2 Å². The number of alkyl halides is 1. The van der Waals surface area contributed by atoms with E-state index < -0.39 is 27.4 Å². The average molecular weight is 436 g/mol. The van der Waals surface area contributed by atoms with Gasteiger partial charge < -0.3 is 4.40 Å². The van der Waals surface area contributed by atoms with Crippen molar-refractivity contribution in [2.75, 3.05) is 18.5 Å². The number of carbonyl (C=O) groups is 2. The van der Waals surface area contributed by atoms with E-state index in [0.717, 1.165) is 10.6 Å². The van der Waals surface area contributed by atoms with Crippen LogP contribution in [0.4, 0.5) is 14.9 Å². The maximum atomic E-state index is 14.9. The monoisotopic (exact) mass is 435 g/mol. The van der Waals surface area contributed by atoms with E-state index in [0.29, 0.717) is 36.2 Å². The smallest absolute Gasteiger partial charge is 0.305 e. The number of urea groups is 1. The fourth-order valence-corrected chi connectivity index (χ4v) is 4.30. The van der Waals surface area contributed by atoms with Crippen molar-refractivity contribution in [1.82, 2.24) is 14.3 Å². The van der Waals surface area contributed by atoms with E-state index in [2.05, 4.69) is 0 Å². The van der Waals surface area contributed by atoms with Gasteiger partial charge in [-0.3, -0.25) is 19.7 Å². The molecular weight excluding hydrogens is 409 g/mol. The zero-order valence-corrected chi connectivity index (χ0v) is 18.3. The molecule has 4 rings (SSSR count). The van der Waals surface area contributed by atoms with E-state index in [1.165, 1.54) is 11.9 Å². The number of pyridine rings is 1. The number of nitrogens with zero attached hydrogens (tertiary/aromatic N) is 4. The summed E-state index contributed by atoms with van der Waals surface area (Å²) in [4.78, 5) is 31.7. The highest BCUT2D eigenvalue weighted by Gasteiger charge is 2.46. The first kappa shape index (κ1) is 20.9. The van der Waals surface area contributed by atoms with Gasteiger partial charge in [0.1, 0.15) is 12.2 Å². The predicted molar refractivity (Wildman–Crippen MR) is 112 cm³/mol. The molecule has 2 aromatic rings. The highest BCUT2D eigenvalue weighted by Crippen LogP contribution is 2.50. The third-order valence-electron chi connectivity index (χ3n) is 6.08. The van der Waals surface area contributed by atoms with Crippen molar-refractivity contribution in [3.05, 3.63) is 29.7 Å². The number of fused-ring (bicyclic) bond motifs is 1. The summed E-state index contributed by atoms with van der Waals surface area (Å²) in [6.45, 7) is 5.53. The van der Waals surface area contributed by atoms with Gasteiger partial charge in [0.25, 0.3) is 0 Å². The van der Waals surface area contributed by atoms with Crippen LogP contribution in [0, 0.1) is 0 Å². The number of likely N-dealkylation sites (N-methyl/N-ethyl adjacent to an activating group) is 1. The number of anilines is 1. The van der Waals surface area contributed by atoms with Gasteiger partial charge in [0.15, 0.2) is 5.65 Å². The van der Waals surface area contributed by atoms with Crippen molar-refractivity contribution < 1.29 is 18.2 Å². The van der Waals surface area contributed by atoms with E-state index >= 15 is 0 Å². The van der Waals surface area contributed by atoms with Crippen LogP contribution in [0.3, 0.4) is 0 Å². The first-order valence-corrected chi connectivity index (χ1v) is 11.1. The Morgan fingerprint density at radius 2 is 2.00 bits per heavy atom. The van der Waals surface area contributed by atoms with Gasteiger partial charge in [-0.1, -0.05) is 6.92 Å². The van der Waals surface area contributed by atoms with Gasteiger partial charge in [-0.25, -0.2) is 18.4 Å². The third-order valence-corrected chi connectivity index (χ3v) is 7.34. The Kier molecular flexibility index (Phi) is 4.77. The van der Waals surface area contributed by atoms with Gasteiger partial charge in [-0.15, -0.1) is 0 Å². The lowest BCUT2D eigenvalue weighted by molar-refractivity contribution is -0.123. The van der Waals surface area contributed by atoms with E-state index in [9.17, 15) is 18.2 Å². The quantitative estimate of drug-likeness (QED) is 0.705. The predicted octanol–water partition coefficient (Wildman–Crippen LogP) is 2.59. The average Bonchev–Trinajstić information content (AvgIpc) is 3.18. The van der Waals surface area contributed by atoms with Crippen LogP contribution >= 0.6 is 0 Å². The highest BCUT2D eigenvalue weighted by atomic mass is 32.2. The molecule has 1 saturated heterocycles. The Bertz CT molecular complexity index is 1080. The van der Waals surface area contributed by atoms with Crippen molar-refractivity contribution in [1.29, 1.82) is 0 Å². The van der Waals surface area contributed by atoms with Crippen LogP contribution in [0.25, 0.3) is 5.65 Å². The number of hydrogen-bond donors (Lipinski definition) is 1. The van der Waals surface area contributed by atoms with Gasteiger partial charge in [0.2, 0.25) is 5.91 Å². The largest absolute Gasteiger partial charge is 0.331 e. The third kappa shape index (κ3) is 3.41. The molecule has 162 valence electrons. The molecule has 2 aromatic heterocycles. The molecule has 0 radical (unpaired) electrons. The zero-order valence-electron chi connectivity index (χ0n) is 17.5. The van der Waals surface area contributed by atoms with Crippen molar-refractivity contribution in [3.63, 3.8) is 0 Å². The summed E-state index contributed by atoms with van der Waals surface area (Å²) >= 11 is 0. The minimum Gasteiger partial charge on any atom is -0.305 e. The second-order valence-corrected chi connectivity index (χ2v) is 10.7. The van der Waals surface area contributed by atoms with E-state index in [1.807, 2.05) is 20.8 Å². The van der Waals surface area contributed by atoms with Crippen LogP contribution in [-0.4, -0.2) is 48.8 Å². The second-order valence-electron chi connectivity index (χ2n) is 8.96. The van der Waals surface area contributed by atoms with Gasteiger partial charge in [-0.2, -0.15) is 0 Å². The van der Waals surface area contributed by atoms with Crippen LogP contribution in [-0.2, 0) is 21.4 Å². The van der Waals surface area contributed by atoms with E-state index in [1.54, 1.807) is 22.9 Å².